The van der Waals surface area contributed by atoms with Gasteiger partial charge in [0.2, 0.25) is 17.6 Å². The summed E-state index contributed by atoms with van der Waals surface area (Å²) in [6, 6.07) is 4.57. The highest BCUT2D eigenvalue weighted by atomic mass is 19.4. The summed E-state index contributed by atoms with van der Waals surface area (Å²) in [5.41, 5.74) is 4.61. The number of carbonyl (C=O) groups is 2. The molecule has 0 saturated carbocycles. The predicted octanol–water partition coefficient (Wildman–Crippen LogP) is 1.08. The van der Waals surface area contributed by atoms with Gasteiger partial charge >= 0.3 is 6.18 Å². The number of halogens is 3. The van der Waals surface area contributed by atoms with Crippen molar-refractivity contribution in [3.63, 3.8) is 0 Å². The quantitative estimate of drug-likeness (QED) is 0.852. The molecule has 2 N–H and O–H groups in total. The maximum absolute atomic E-state index is 12.8. The zero-order valence-electron chi connectivity index (χ0n) is 14.2. The second-order valence-electron chi connectivity index (χ2n) is 6.28. The van der Waals surface area contributed by atoms with Gasteiger partial charge in [0.15, 0.2) is 0 Å². The summed E-state index contributed by atoms with van der Waals surface area (Å²) < 4.78 is 38.4. The third-order valence-corrected chi connectivity index (χ3v) is 4.43. The normalized spacial score (nSPS) is 15.7. The van der Waals surface area contributed by atoms with Crippen LogP contribution in [-0.2, 0) is 22.3 Å². The van der Waals surface area contributed by atoms with Crippen LogP contribution in [0.4, 0.5) is 13.2 Å². The summed E-state index contributed by atoms with van der Waals surface area (Å²) in [7, 11) is 0. The SMILES string of the molecule is NC(=O)C1CCN(C(=O)Cn2nnc(-c3cccc(C(F)(F)F)c3)n2)CC1. The van der Waals surface area contributed by atoms with Crippen molar-refractivity contribution in [1.82, 2.24) is 25.1 Å². The summed E-state index contributed by atoms with van der Waals surface area (Å²) >= 11 is 0. The summed E-state index contributed by atoms with van der Waals surface area (Å²) in [4.78, 5) is 26.1. The molecule has 1 fully saturated rings. The average molecular weight is 382 g/mol. The number of aromatic nitrogens is 4. The fraction of sp³-hybridized carbons (Fsp3) is 0.438. The topological polar surface area (TPSA) is 107 Å². The summed E-state index contributed by atoms with van der Waals surface area (Å²) in [5, 5.41) is 11.4. The maximum Gasteiger partial charge on any atom is 0.416 e. The molecule has 1 aliphatic rings. The summed E-state index contributed by atoms with van der Waals surface area (Å²) in [6.45, 7) is 0.621. The van der Waals surface area contributed by atoms with Crippen molar-refractivity contribution < 1.29 is 22.8 Å². The Morgan fingerprint density at radius 1 is 1.22 bits per heavy atom. The zero-order valence-corrected chi connectivity index (χ0v) is 14.2. The van der Waals surface area contributed by atoms with Crippen molar-refractivity contribution in [2.75, 3.05) is 13.1 Å². The van der Waals surface area contributed by atoms with Gasteiger partial charge in [-0.15, -0.1) is 10.2 Å². The first kappa shape index (κ1) is 18.8. The smallest absolute Gasteiger partial charge is 0.369 e. The molecule has 0 aliphatic carbocycles. The molecule has 2 aromatic rings. The first-order valence-corrected chi connectivity index (χ1v) is 8.26. The van der Waals surface area contributed by atoms with Gasteiger partial charge in [0, 0.05) is 24.6 Å². The molecule has 0 bridgehead atoms. The molecule has 1 aliphatic heterocycles. The number of hydrogen-bond acceptors (Lipinski definition) is 5. The van der Waals surface area contributed by atoms with Crippen molar-refractivity contribution >= 4 is 11.8 Å². The summed E-state index contributed by atoms with van der Waals surface area (Å²) in [5.74, 6) is -0.857. The number of carbonyl (C=O) groups excluding carboxylic acids is 2. The third-order valence-electron chi connectivity index (χ3n) is 4.43. The number of amides is 2. The van der Waals surface area contributed by atoms with Crippen LogP contribution in [-0.4, -0.2) is 50.0 Å². The Morgan fingerprint density at radius 3 is 2.56 bits per heavy atom. The first-order chi connectivity index (χ1) is 12.7. The molecule has 144 valence electrons. The van der Waals surface area contributed by atoms with Crippen molar-refractivity contribution in [2.45, 2.75) is 25.6 Å². The number of tetrazole rings is 1. The Kier molecular flexibility index (Phi) is 5.10. The van der Waals surface area contributed by atoms with Gasteiger partial charge < -0.3 is 10.6 Å². The zero-order chi connectivity index (χ0) is 19.6. The van der Waals surface area contributed by atoms with Gasteiger partial charge in [0.25, 0.3) is 0 Å². The van der Waals surface area contributed by atoms with Crippen LogP contribution in [0.1, 0.15) is 18.4 Å². The molecule has 0 spiro atoms. The fourth-order valence-electron chi connectivity index (χ4n) is 2.89. The Labute approximate surface area is 152 Å². The number of hydrogen-bond donors (Lipinski definition) is 1. The van der Waals surface area contributed by atoms with E-state index in [4.69, 9.17) is 5.73 Å². The average Bonchev–Trinajstić information content (AvgIpc) is 3.09. The van der Waals surface area contributed by atoms with Crippen molar-refractivity contribution in [2.24, 2.45) is 11.7 Å². The molecule has 2 heterocycles. The molecule has 27 heavy (non-hydrogen) atoms. The lowest BCUT2D eigenvalue weighted by molar-refractivity contribution is -0.137. The Hall–Kier alpha value is -2.98. The van der Waals surface area contributed by atoms with E-state index in [0.29, 0.717) is 25.9 Å². The molecule has 1 saturated heterocycles. The Balaban J connectivity index is 1.65. The van der Waals surface area contributed by atoms with Crippen molar-refractivity contribution in [3.05, 3.63) is 29.8 Å². The van der Waals surface area contributed by atoms with Crippen LogP contribution >= 0.6 is 0 Å². The van der Waals surface area contributed by atoms with E-state index >= 15 is 0 Å². The second-order valence-corrected chi connectivity index (χ2v) is 6.28. The van der Waals surface area contributed by atoms with Crippen molar-refractivity contribution in [1.29, 1.82) is 0 Å². The predicted molar refractivity (Wildman–Crippen MR) is 86.8 cm³/mol. The number of nitrogens with two attached hydrogens (primary N) is 1. The van der Waals surface area contributed by atoms with Gasteiger partial charge in [0.1, 0.15) is 6.54 Å². The number of nitrogens with zero attached hydrogens (tertiary/aromatic N) is 5. The minimum Gasteiger partial charge on any atom is -0.369 e. The molecule has 0 unspecified atom stereocenters. The minimum atomic E-state index is -4.47. The third kappa shape index (κ3) is 4.41. The van der Waals surface area contributed by atoms with E-state index < -0.39 is 11.7 Å². The largest absolute Gasteiger partial charge is 0.416 e. The standard InChI is InChI=1S/C16H17F3N6O2/c17-16(18,19)12-3-1-2-11(8-12)15-21-23-25(22-15)9-13(26)24-6-4-10(5-7-24)14(20)27/h1-3,8,10H,4-7,9H2,(H2,20,27). The molecular weight excluding hydrogens is 365 g/mol. The van der Waals surface area contributed by atoms with Gasteiger partial charge in [-0.05, 0) is 30.2 Å². The molecular formula is C16H17F3N6O2. The number of piperidine rings is 1. The van der Waals surface area contributed by atoms with Crippen LogP contribution in [0.25, 0.3) is 11.4 Å². The Morgan fingerprint density at radius 2 is 1.93 bits per heavy atom. The van der Waals surface area contributed by atoms with Crippen LogP contribution in [0.3, 0.4) is 0 Å². The molecule has 11 heteroatoms. The molecule has 1 aromatic carbocycles. The van der Waals surface area contributed by atoms with Gasteiger partial charge in [0.05, 0.1) is 5.56 Å². The molecule has 0 atom stereocenters. The first-order valence-electron chi connectivity index (χ1n) is 8.26. The highest BCUT2D eigenvalue weighted by Crippen LogP contribution is 2.31. The molecule has 1 aromatic heterocycles. The lowest BCUT2D eigenvalue weighted by Gasteiger charge is -2.30. The van der Waals surface area contributed by atoms with Crippen LogP contribution < -0.4 is 5.73 Å². The maximum atomic E-state index is 12.8. The van der Waals surface area contributed by atoms with Crippen LogP contribution in [0.5, 0.6) is 0 Å². The highest BCUT2D eigenvalue weighted by molar-refractivity contribution is 5.78. The van der Waals surface area contributed by atoms with E-state index in [1.165, 1.54) is 12.1 Å². The fourth-order valence-corrected chi connectivity index (χ4v) is 2.89. The minimum absolute atomic E-state index is 0.00124. The van der Waals surface area contributed by atoms with E-state index in [0.717, 1.165) is 16.9 Å². The van der Waals surface area contributed by atoms with E-state index in [2.05, 4.69) is 15.4 Å². The second kappa shape index (κ2) is 7.33. The monoisotopic (exact) mass is 382 g/mol. The number of primary amides is 1. The number of alkyl halides is 3. The number of rotatable bonds is 4. The van der Waals surface area contributed by atoms with Gasteiger partial charge in [-0.3, -0.25) is 9.59 Å². The summed E-state index contributed by atoms with van der Waals surface area (Å²) in [6.07, 6.45) is -3.47. The van der Waals surface area contributed by atoms with Crippen molar-refractivity contribution in [3.8, 4) is 11.4 Å². The van der Waals surface area contributed by atoms with Gasteiger partial charge in [-0.2, -0.15) is 18.0 Å². The van der Waals surface area contributed by atoms with E-state index in [-0.39, 0.29) is 35.7 Å². The van der Waals surface area contributed by atoms with Crippen LogP contribution in [0.15, 0.2) is 24.3 Å². The van der Waals surface area contributed by atoms with Gasteiger partial charge in [-0.1, -0.05) is 12.1 Å². The van der Waals surface area contributed by atoms with E-state index in [1.54, 1.807) is 4.90 Å². The molecule has 8 nitrogen and oxygen atoms in total. The molecule has 0 radical (unpaired) electrons. The molecule has 3 rings (SSSR count). The van der Waals surface area contributed by atoms with Crippen LogP contribution in [0.2, 0.25) is 0 Å². The number of benzene rings is 1. The molecule has 2 amide bonds. The van der Waals surface area contributed by atoms with Gasteiger partial charge in [-0.25, -0.2) is 0 Å². The number of likely N-dealkylation sites (tertiary alicyclic amines) is 1. The van der Waals surface area contributed by atoms with E-state index in [1.807, 2.05) is 0 Å². The van der Waals surface area contributed by atoms with E-state index in [9.17, 15) is 22.8 Å². The highest BCUT2D eigenvalue weighted by Gasteiger charge is 2.31. The lowest BCUT2D eigenvalue weighted by Crippen LogP contribution is -2.43. The Bertz CT molecular complexity index is 843. The lowest BCUT2D eigenvalue weighted by atomic mass is 9.96. The van der Waals surface area contributed by atoms with Crippen LogP contribution in [0, 0.1) is 5.92 Å².